The standard InChI is InChI=1S/C6H8O4/c1-4(6(9)10)2-5(8)3-7/h3,5,8H,1-2H2,(H,9,10)/t5-/m1/s1. The summed E-state index contributed by atoms with van der Waals surface area (Å²) < 4.78 is 0. The van der Waals surface area contributed by atoms with Gasteiger partial charge in [-0.1, -0.05) is 6.58 Å². The Kier molecular flexibility index (Phi) is 3.35. The van der Waals surface area contributed by atoms with Gasteiger partial charge in [-0.05, 0) is 0 Å². The predicted octanol–water partition coefficient (Wildman–Crippen LogP) is -0.423. The lowest BCUT2D eigenvalue weighted by Gasteiger charge is -2.00. The molecular weight excluding hydrogens is 136 g/mol. The third-order valence-corrected chi connectivity index (χ3v) is 0.915. The monoisotopic (exact) mass is 144 g/mol. The highest BCUT2D eigenvalue weighted by atomic mass is 16.4. The zero-order valence-electron chi connectivity index (χ0n) is 5.28. The van der Waals surface area contributed by atoms with Crippen LogP contribution >= 0.6 is 0 Å². The number of hydrogen-bond acceptors (Lipinski definition) is 3. The van der Waals surface area contributed by atoms with E-state index in [9.17, 15) is 9.59 Å². The van der Waals surface area contributed by atoms with Crippen LogP contribution in [-0.2, 0) is 9.59 Å². The summed E-state index contributed by atoms with van der Waals surface area (Å²) in [5.41, 5.74) is -0.167. The first-order valence-electron chi connectivity index (χ1n) is 2.62. The number of rotatable bonds is 4. The molecule has 0 aliphatic carbocycles. The van der Waals surface area contributed by atoms with E-state index in [1.54, 1.807) is 0 Å². The van der Waals surface area contributed by atoms with E-state index >= 15 is 0 Å². The zero-order chi connectivity index (χ0) is 8.15. The molecule has 0 aromatic heterocycles. The van der Waals surface area contributed by atoms with Crippen LogP contribution in [0.5, 0.6) is 0 Å². The molecule has 0 saturated carbocycles. The third-order valence-electron chi connectivity index (χ3n) is 0.915. The third kappa shape index (κ3) is 2.99. The molecule has 0 aromatic rings. The lowest BCUT2D eigenvalue weighted by molar-refractivity contribution is -0.133. The minimum Gasteiger partial charge on any atom is -0.478 e. The van der Waals surface area contributed by atoms with Crippen molar-refractivity contribution in [3.8, 4) is 0 Å². The van der Waals surface area contributed by atoms with Crippen molar-refractivity contribution in [3.63, 3.8) is 0 Å². The Bertz CT molecular complexity index is 161. The van der Waals surface area contributed by atoms with Crippen LogP contribution in [0.3, 0.4) is 0 Å². The predicted molar refractivity (Wildman–Crippen MR) is 33.5 cm³/mol. The molecule has 0 amide bonds. The van der Waals surface area contributed by atoms with Crippen molar-refractivity contribution < 1.29 is 19.8 Å². The maximum atomic E-state index is 10.0. The van der Waals surface area contributed by atoms with Gasteiger partial charge in [-0.2, -0.15) is 0 Å². The first-order chi connectivity index (χ1) is 4.57. The van der Waals surface area contributed by atoms with Crippen LogP contribution in [0.1, 0.15) is 6.42 Å². The number of hydrogen-bond donors (Lipinski definition) is 2. The fourth-order valence-corrected chi connectivity index (χ4v) is 0.388. The molecule has 0 rings (SSSR count). The molecule has 1 atom stereocenters. The summed E-state index contributed by atoms with van der Waals surface area (Å²) in [5.74, 6) is -1.19. The normalized spacial score (nSPS) is 12.1. The Hall–Kier alpha value is -1.16. The fraction of sp³-hybridized carbons (Fsp3) is 0.333. The maximum Gasteiger partial charge on any atom is 0.331 e. The van der Waals surface area contributed by atoms with E-state index in [-0.39, 0.29) is 18.3 Å². The summed E-state index contributed by atoms with van der Waals surface area (Å²) in [6, 6.07) is 0. The number of aliphatic carboxylic acids is 1. The van der Waals surface area contributed by atoms with E-state index in [0.717, 1.165) is 0 Å². The van der Waals surface area contributed by atoms with Crippen molar-refractivity contribution in [3.05, 3.63) is 12.2 Å². The van der Waals surface area contributed by atoms with Gasteiger partial charge >= 0.3 is 5.97 Å². The largest absolute Gasteiger partial charge is 0.478 e. The Morgan fingerprint density at radius 3 is 2.50 bits per heavy atom. The second-order valence-electron chi connectivity index (χ2n) is 1.82. The lowest BCUT2D eigenvalue weighted by atomic mass is 10.1. The van der Waals surface area contributed by atoms with Gasteiger partial charge in [0.1, 0.15) is 12.4 Å². The number of aldehydes is 1. The first-order valence-corrected chi connectivity index (χ1v) is 2.62. The Labute approximate surface area is 57.8 Å². The van der Waals surface area contributed by atoms with E-state index in [4.69, 9.17) is 10.2 Å². The van der Waals surface area contributed by atoms with Gasteiger partial charge in [0.2, 0.25) is 0 Å². The van der Waals surface area contributed by atoms with Gasteiger partial charge < -0.3 is 15.0 Å². The molecule has 0 aliphatic heterocycles. The highest BCUT2D eigenvalue weighted by Crippen LogP contribution is 2.00. The van der Waals surface area contributed by atoms with Crippen LogP contribution in [0.4, 0.5) is 0 Å². The van der Waals surface area contributed by atoms with Gasteiger partial charge in [-0.15, -0.1) is 0 Å². The second-order valence-corrected chi connectivity index (χ2v) is 1.82. The van der Waals surface area contributed by atoms with Crippen molar-refractivity contribution >= 4 is 12.3 Å². The molecule has 0 radical (unpaired) electrons. The smallest absolute Gasteiger partial charge is 0.331 e. The van der Waals surface area contributed by atoms with Crippen molar-refractivity contribution in [2.75, 3.05) is 0 Å². The van der Waals surface area contributed by atoms with Crippen LogP contribution < -0.4 is 0 Å². The van der Waals surface area contributed by atoms with E-state index in [2.05, 4.69) is 6.58 Å². The number of carbonyl (C=O) groups is 2. The summed E-state index contributed by atoms with van der Waals surface area (Å²) >= 11 is 0. The summed E-state index contributed by atoms with van der Waals surface area (Å²) in [5, 5.41) is 16.8. The van der Waals surface area contributed by atoms with E-state index < -0.39 is 12.1 Å². The van der Waals surface area contributed by atoms with Crippen molar-refractivity contribution in [1.29, 1.82) is 0 Å². The fourth-order valence-electron chi connectivity index (χ4n) is 0.388. The number of carboxylic acids is 1. The van der Waals surface area contributed by atoms with Gasteiger partial charge in [-0.3, -0.25) is 0 Å². The van der Waals surface area contributed by atoms with Gasteiger partial charge in [0.05, 0.1) is 0 Å². The van der Waals surface area contributed by atoms with Crippen LogP contribution in [0.2, 0.25) is 0 Å². The molecule has 0 bridgehead atoms. The van der Waals surface area contributed by atoms with E-state index in [0.29, 0.717) is 0 Å². The molecule has 0 spiro atoms. The number of aliphatic hydroxyl groups excluding tert-OH is 1. The van der Waals surface area contributed by atoms with E-state index in [1.165, 1.54) is 0 Å². The highest BCUT2D eigenvalue weighted by molar-refractivity contribution is 5.86. The minimum absolute atomic E-state index is 0.167. The molecule has 0 saturated heterocycles. The molecular formula is C6H8O4. The maximum absolute atomic E-state index is 10.0. The summed E-state index contributed by atoms with van der Waals surface area (Å²) in [6.45, 7) is 3.12. The van der Waals surface area contributed by atoms with Crippen molar-refractivity contribution in [1.82, 2.24) is 0 Å². The highest BCUT2D eigenvalue weighted by Gasteiger charge is 2.09. The summed E-state index contributed by atoms with van der Waals surface area (Å²) in [4.78, 5) is 19.8. The number of carbonyl (C=O) groups excluding carboxylic acids is 1. The summed E-state index contributed by atoms with van der Waals surface area (Å²) in [6.07, 6.45) is -1.18. The van der Waals surface area contributed by atoms with Crippen molar-refractivity contribution in [2.45, 2.75) is 12.5 Å². The summed E-state index contributed by atoms with van der Waals surface area (Å²) in [7, 11) is 0. The van der Waals surface area contributed by atoms with E-state index in [1.807, 2.05) is 0 Å². The Morgan fingerprint density at radius 1 is 1.70 bits per heavy atom. The minimum atomic E-state index is -1.25. The lowest BCUT2D eigenvalue weighted by Crippen LogP contribution is -2.12. The topological polar surface area (TPSA) is 74.6 Å². The average Bonchev–Trinajstić information content (AvgIpc) is 1.87. The Morgan fingerprint density at radius 2 is 2.20 bits per heavy atom. The van der Waals surface area contributed by atoms with Gasteiger partial charge in [-0.25, -0.2) is 4.79 Å². The van der Waals surface area contributed by atoms with Crippen molar-refractivity contribution in [2.24, 2.45) is 0 Å². The zero-order valence-corrected chi connectivity index (χ0v) is 5.28. The average molecular weight is 144 g/mol. The molecule has 10 heavy (non-hydrogen) atoms. The van der Waals surface area contributed by atoms with Gasteiger partial charge in [0.15, 0.2) is 0 Å². The van der Waals surface area contributed by atoms with Gasteiger partial charge in [0, 0.05) is 12.0 Å². The molecule has 56 valence electrons. The molecule has 0 unspecified atom stereocenters. The molecule has 0 heterocycles. The Balaban J connectivity index is 3.79. The van der Waals surface area contributed by atoms with Crippen LogP contribution in [-0.4, -0.2) is 28.6 Å². The van der Waals surface area contributed by atoms with Crippen LogP contribution in [0.15, 0.2) is 12.2 Å². The van der Waals surface area contributed by atoms with Crippen LogP contribution in [0.25, 0.3) is 0 Å². The first kappa shape index (κ1) is 8.84. The SMILES string of the molecule is C=C(C[C@@H](O)C=O)C(=O)O. The molecule has 4 heteroatoms. The second kappa shape index (κ2) is 3.79. The van der Waals surface area contributed by atoms with Gasteiger partial charge in [0.25, 0.3) is 0 Å². The molecule has 2 N–H and O–H groups in total. The molecule has 4 nitrogen and oxygen atoms in total. The number of carboxylic acid groups (broad SMARTS) is 1. The number of aliphatic hydroxyl groups is 1. The molecule has 0 fully saturated rings. The quantitative estimate of drug-likeness (QED) is 0.415. The molecule has 0 aromatic carbocycles. The van der Waals surface area contributed by atoms with Crippen LogP contribution in [0, 0.1) is 0 Å². The molecule has 0 aliphatic rings.